The summed E-state index contributed by atoms with van der Waals surface area (Å²) in [6, 6.07) is 0. The summed E-state index contributed by atoms with van der Waals surface area (Å²) >= 11 is 0. The first-order chi connectivity index (χ1) is 9.72. The zero-order valence-corrected chi connectivity index (χ0v) is 11.8. The molecule has 1 N–H and O–H groups in total. The number of rotatable bonds is 10. The molecule has 4 atom stereocenters. The molecule has 0 aromatic carbocycles. The van der Waals surface area contributed by atoms with E-state index < -0.39 is 12.4 Å². The smallest absolute Gasteiger partial charge is 0.184 e. The number of aliphatic hydroxyl groups excluding tert-OH is 1. The van der Waals surface area contributed by atoms with Gasteiger partial charge in [-0.25, -0.2) is 0 Å². The molecule has 0 bridgehead atoms. The lowest BCUT2D eigenvalue weighted by atomic mass is 10.0. The largest absolute Gasteiger partial charge is 0.375 e. The van der Waals surface area contributed by atoms with Crippen LogP contribution in [0.3, 0.4) is 0 Å². The fourth-order valence-corrected chi connectivity index (χ4v) is 2.02. The first kappa shape index (κ1) is 17.1. The molecule has 1 aliphatic rings. The Bertz CT molecular complexity index is 305. The van der Waals surface area contributed by atoms with Crippen molar-refractivity contribution in [3.63, 3.8) is 0 Å². The average molecular weight is 284 g/mol. The summed E-state index contributed by atoms with van der Waals surface area (Å²) in [6.07, 6.45) is 3.45. The van der Waals surface area contributed by atoms with Gasteiger partial charge >= 0.3 is 0 Å². The minimum Gasteiger partial charge on any atom is -0.375 e. The maximum atomic E-state index is 10.0. The summed E-state index contributed by atoms with van der Waals surface area (Å²) in [5, 5.41) is 10.0. The standard InChI is InChI=1S/C15H24O5/c1-4-7-17-11-12-10-13(18-8-5-2)14(15(16)20-12)19-9-6-3/h4-6,12-16H,1-3,7-11H2/t12-,13-,14+,15?/m0/s1. The molecule has 0 saturated carbocycles. The fourth-order valence-electron chi connectivity index (χ4n) is 2.02. The molecule has 0 amide bonds. The van der Waals surface area contributed by atoms with Crippen molar-refractivity contribution < 1.29 is 24.1 Å². The second-order valence-corrected chi connectivity index (χ2v) is 4.46. The van der Waals surface area contributed by atoms with Gasteiger partial charge in [0.05, 0.1) is 38.6 Å². The molecule has 1 rings (SSSR count). The zero-order valence-electron chi connectivity index (χ0n) is 11.8. The highest BCUT2D eigenvalue weighted by atomic mass is 16.7. The van der Waals surface area contributed by atoms with E-state index in [1.165, 1.54) is 0 Å². The second-order valence-electron chi connectivity index (χ2n) is 4.46. The van der Waals surface area contributed by atoms with E-state index in [2.05, 4.69) is 19.7 Å². The van der Waals surface area contributed by atoms with Crippen molar-refractivity contribution in [2.75, 3.05) is 26.4 Å². The molecule has 1 saturated heterocycles. The van der Waals surface area contributed by atoms with Gasteiger partial charge < -0.3 is 24.1 Å². The number of ether oxygens (including phenoxy) is 4. The first-order valence-electron chi connectivity index (χ1n) is 6.70. The van der Waals surface area contributed by atoms with Gasteiger partial charge in [-0.15, -0.1) is 19.7 Å². The molecule has 1 fully saturated rings. The van der Waals surface area contributed by atoms with Gasteiger partial charge in [-0.3, -0.25) is 0 Å². The third kappa shape index (κ3) is 5.56. The van der Waals surface area contributed by atoms with Crippen LogP contribution in [0.4, 0.5) is 0 Å². The van der Waals surface area contributed by atoms with Crippen LogP contribution in [0, 0.1) is 0 Å². The van der Waals surface area contributed by atoms with Crippen molar-refractivity contribution in [2.45, 2.75) is 31.0 Å². The van der Waals surface area contributed by atoms with Crippen molar-refractivity contribution in [1.29, 1.82) is 0 Å². The van der Waals surface area contributed by atoms with Crippen LogP contribution in [0.1, 0.15) is 6.42 Å². The SMILES string of the molecule is C=CCOC[C@@H]1C[C@H](OCC=C)[C@@H](OCC=C)C(O)O1. The normalized spacial score (nSPS) is 29.9. The molecule has 114 valence electrons. The Morgan fingerprint density at radius 1 is 1.05 bits per heavy atom. The molecule has 1 heterocycles. The van der Waals surface area contributed by atoms with Gasteiger partial charge in [0.25, 0.3) is 0 Å². The van der Waals surface area contributed by atoms with Crippen LogP contribution in [-0.4, -0.2) is 56.1 Å². The molecule has 20 heavy (non-hydrogen) atoms. The van der Waals surface area contributed by atoms with E-state index in [0.29, 0.717) is 32.8 Å². The lowest BCUT2D eigenvalue weighted by molar-refractivity contribution is -0.269. The van der Waals surface area contributed by atoms with Crippen LogP contribution in [0.25, 0.3) is 0 Å². The predicted octanol–water partition coefficient (Wildman–Crippen LogP) is 1.44. The molecule has 0 radical (unpaired) electrons. The van der Waals surface area contributed by atoms with Crippen molar-refractivity contribution in [3.05, 3.63) is 38.0 Å². The minimum atomic E-state index is -1.05. The van der Waals surface area contributed by atoms with Crippen molar-refractivity contribution in [2.24, 2.45) is 0 Å². The van der Waals surface area contributed by atoms with Crippen molar-refractivity contribution >= 4 is 0 Å². The molecule has 0 aromatic rings. The number of aliphatic hydroxyl groups is 1. The van der Waals surface area contributed by atoms with E-state index in [9.17, 15) is 5.11 Å². The highest BCUT2D eigenvalue weighted by Gasteiger charge is 2.39. The van der Waals surface area contributed by atoms with E-state index in [4.69, 9.17) is 18.9 Å². The summed E-state index contributed by atoms with van der Waals surface area (Å²) in [5.41, 5.74) is 0. The Morgan fingerprint density at radius 2 is 1.70 bits per heavy atom. The van der Waals surface area contributed by atoms with Crippen LogP contribution in [0.15, 0.2) is 38.0 Å². The minimum absolute atomic E-state index is 0.233. The van der Waals surface area contributed by atoms with E-state index in [1.807, 2.05) is 0 Å². The Hall–Kier alpha value is -0.980. The van der Waals surface area contributed by atoms with Crippen LogP contribution < -0.4 is 0 Å². The Labute approximate surface area is 120 Å². The molecule has 5 heteroatoms. The third-order valence-corrected chi connectivity index (χ3v) is 2.85. The quantitative estimate of drug-likeness (QED) is 0.486. The van der Waals surface area contributed by atoms with Gasteiger partial charge in [-0.1, -0.05) is 18.2 Å². The van der Waals surface area contributed by atoms with Crippen molar-refractivity contribution in [3.8, 4) is 0 Å². The van der Waals surface area contributed by atoms with Gasteiger partial charge in [0.1, 0.15) is 6.10 Å². The van der Waals surface area contributed by atoms with Crippen LogP contribution in [-0.2, 0) is 18.9 Å². The second kappa shape index (κ2) is 9.85. The summed E-state index contributed by atoms with van der Waals surface area (Å²) in [6.45, 7) is 12.3. The zero-order chi connectivity index (χ0) is 14.8. The molecule has 1 unspecified atom stereocenters. The van der Waals surface area contributed by atoms with Gasteiger partial charge in [0, 0.05) is 6.42 Å². The summed E-state index contributed by atoms with van der Waals surface area (Å²) in [7, 11) is 0. The molecule has 5 nitrogen and oxygen atoms in total. The van der Waals surface area contributed by atoms with Gasteiger partial charge in [0.15, 0.2) is 6.29 Å². The van der Waals surface area contributed by atoms with E-state index in [0.717, 1.165) is 0 Å². The number of hydrogen-bond donors (Lipinski definition) is 1. The van der Waals surface area contributed by atoms with E-state index in [-0.39, 0.29) is 12.2 Å². The lowest BCUT2D eigenvalue weighted by Gasteiger charge is -2.38. The van der Waals surface area contributed by atoms with Gasteiger partial charge in [0.2, 0.25) is 0 Å². The summed E-state index contributed by atoms with van der Waals surface area (Å²) in [5.74, 6) is 0. The Balaban J connectivity index is 2.56. The average Bonchev–Trinajstić information content (AvgIpc) is 2.44. The summed E-state index contributed by atoms with van der Waals surface area (Å²) in [4.78, 5) is 0. The van der Waals surface area contributed by atoms with Crippen molar-refractivity contribution in [1.82, 2.24) is 0 Å². The van der Waals surface area contributed by atoms with E-state index >= 15 is 0 Å². The topological polar surface area (TPSA) is 57.2 Å². The maximum absolute atomic E-state index is 10.0. The highest BCUT2D eigenvalue weighted by Crippen LogP contribution is 2.24. The Morgan fingerprint density at radius 3 is 2.35 bits per heavy atom. The molecule has 1 aliphatic heterocycles. The van der Waals surface area contributed by atoms with E-state index in [1.54, 1.807) is 18.2 Å². The molecular formula is C15H24O5. The van der Waals surface area contributed by atoms with Crippen LogP contribution in [0.2, 0.25) is 0 Å². The monoisotopic (exact) mass is 284 g/mol. The number of hydrogen-bond acceptors (Lipinski definition) is 5. The first-order valence-corrected chi connectivity index (χ1v) is 6.70. The summed E-state index contributed by atoms with van der Waals surface area (Å²) < 4.78 is 22.0. The maximum Gasteiger partial charge on any atom is 0.184 e. The fraction of sp³-hybridized carbons (Fsp3) is 0.600. The van der Waals surface area contributed by atoms with Gasteiger partial charge in [-0.05, 0) is 0 Å². The van der Waals surface area contributed by atoms with Crippen LogP contribution in [0.5, 0.6) is 0 Å². The third-order valence-electron chi connectivity index (χ3n) is 2.85. The Kier molecular flexibility index (Phi) is 8.41. The van der Waals surface area contributed by atoms with Crippen LogP contribution >= 0.6 is 0 Å². The molecule has 0 aliphatic carbocycles. The molecule has 0 spiro atoms. The lowest BCUT2D eigenvalue weighted by Crippen LogP contribution is -2.51. The molecule has 0 aromatic heterocycles. The molecular weight excluding hydrogens is 260 g/mol. The van der Waals surface area contributed by atoms with Gasteiger partial charge in [-0.2, -0.15) is 0 Å². The highest BCUT2D eigenvalue weighted by molar-refractivity contribution is 4.85. The predicted molar refractivity (Wildman–Crippen MR) is 76.4 cm³/mol.